The molecule has 2 aliphatic heterocycles. The maximum absolute atomic E-state index is 11.8. The van der Waals surface area contributed by atoms with Crippen LogP contribution in [0.15, 0.2) is 0 Å². The van der Waals surface area contributed by atoms with Gasteiger partial charge in [0.25, 0.3) is 0 Å². The summed E-state index contributed by atoms with van der Waals surface area (Å²) in [5, 5.41) is 6.46. The molecule has 2 saturated heterocycles. The molecule has 0 saturated carbocycles. The van der Waals surface area contributed by atoms with Gasteiger partial charge in [-0.3, -0.25) is 4.79 Å². The summed E-state index contributed by atoms with van der Waals surface area (Å²) in [6.07, 6.45) is 4.11. The Morgan fingerprint density at radius 1 is 1.44 bits per heavy atom. The van der Waals surface area contributed by atoms with Crippen LogP contribution in [0.25, 0.3) is 0 Å². The van der Waals surface area contributed by atoms with Crippen molar-refractivity contribution in [1.29, 1.82) is 0 Å². The number of nitrogens with one attached hydrogen (secondary N) is 2. The van der Waals surface area contributed by atoms with E-state index in [4.69, 9.17) is 4.74 Å². The van der Waals surface area contributed by atoms with E-state index in [1.807, 2.05) is 0 Å². The molecule has 0 radical (unpaired) electrons. The molecule has 0 aromatic carbocycles. The minimum Gasteiger partial charge on any atom is -0.368 e. The zero-order valence-corrected chi connectivity index (χ0v) is 10.00. The normalized spacial score (nSPS) is 32.3. The Hall–Kier alpha value is -0.610. The van der Waals surface area contributed by atoms with Gasteiger partial charge in [0, 0.05) is 12.6 Å². The van der Waals surface area contributed by atoms with Crippen molar-refractivity contribution in [2.45, 2.75) is 44.8 Å². The molecule has 2 rings (SSSR count). The molecule has 0 bridgehead atoms. The van der Waals surface area contributed by atoms with Gasteiger partial charge in [-0.25, -0.2) is 0 Å². The first-order valence-electron chi connectivity index (χ1n) is 6.40. The van der Waals surface area contributed by atoms with Gasteiger partial charge in [0.05, 0.1) is 0 Å². The summed E-state index contributed by atoms with van der Waals surface area (Å²) < 4.78 is 5.38. The van der Waals surface area contributed by atoms with E-state index in [9.17, 15) is 4.79 Å². The Bertz CT molecular complexity index is 233. The number of carbonyl (C=O) groups excluding carboxylic acids is 1. The van der Waals surface area contributed by atoms with E-state index in [2.05, 4.69) is 17.6 Å². The molecule has 2 heterocycles. The lowest BCUT2D eigenvalue weighted by atomic mass is 9.92. The fourth-order valence-electron chi connectivity index (χ4n) is 2.53. The van der Waals surface area contributed by atoms with Crippen LogP contribution in [0.4, 0.5) is 0 Å². The quantitative estimate of drug-likeness (QED) is 0.743. The van der Waals surface area contributed by atoms with Gasteiger partial charge in [-0.1, -0.05) is 0 Å². The van der Waals surface area contributed by atoms with Gasteiger partial charge in [0.2, 0.25) is 5.91 Å². The fourth-order valence-corrected chi connectivity index (χ4v) is 2.53. The van der Waals surface area contributed by atoms with E-state index in [-0.39, 0.29) is 18.1 Å². The van der Waals surface area contributed by atoms with Crippen LogP contribution >= 0.6 is 0 Å². The standard InChI is InChI=1S/C12H22N2O2/c1-9(10-4-2-6-13-8-10)14-12(15)11-5-3-7-16-11/h9-11,13H,2-8H2,1H3,(H,14,15)/t9?,10?,11-/m0/s1. The SMILES string of the molecule is CC(NC(=O)[C@@H]1CCCO1)C1CCCNC1. The van der Waals surface area contributed by atoms with Gasteiger partial charge in [-0.2, -0.15) is 0 Å². The van der Waals surface area contributed by atoms with Crippen molar-refractivity contribution in [2.24, 2.45) is 5.92 Å². The second-order valence-corrected chi connectivity index (χ2v) is 4.91. The number of hydrogen-bond donors (Lipinski definition) is 2. The van der Waals surface area contributed by atoms with Crippen LogP contribution in [-0.2, 0) is 9.53 Å². The van der Waals surface area contributed by atoms with Crippen LogP contribution in [0.3, 0.4) is 0 Å². The lowest BCUT2D eigenvalue weighted by Crippen LogP contribution is -2.47. The predicted molar refractivity (Wildman–Crippen MR) is 62.2 cm³/mol. The van der Waals surface area contributed by atoms with Crippen molar-refractivity contribution in [3.63, 3.8) is 0 Å². The molecule has 4 heteroatoms. The first-order valence-corrected chi connectivity index (χ1v) is 6.40. The van der Waals surface area contributed by atoms with Gasteiger partial charge in [0.15, 0.2) is 0 Å². The van der Waals surface area contributed by atoms with E-state index in [1.165, 1.54) is 12.8 Å². The monoisotopic (exact) mass is 226 g/mol. The maximum Gasteiger partial charge on any atom is 0.249 e. The zero-order chi connectivity index (χ0) is 11.4. The summed E-state index contributed by atoms with van der Waals surface area (Å²) >= 11 is 0. The lowest BCUT2D eigenvalue weighted by Gasteiger charge is -2.29. The highest BCUT2D eigenvalue weighted by molar-refractivity contribution is 5.81. The number of amides is 1. The second kappa shape index (κ2) is 5.64. The summed E-state index contributed by atoms with van der Waals surface area (Å²) in [4.78, 5) is 11.8. The highest BCUT2D eigenvalue weighted by Gasteiger charge is 2.27. The lowest BCUT2D eigenvalue weighted by molar-refractivity contribution is -0.131. The summed E-state index contributed by atoms with van der Waals surface area (Å²) in [7, 11) is 0. The van der Waals surface area contributed by atoms with Crippen LogP contribution in [0.1, 0.15) is 32.6 Å². The van der Waals surface area contributed by atoms with Crippen molar-refractivity contribution in [2.75, 3.05) is 19.7 Å². The molecule has 0 aliphatic carbocycles. The van der Waals surface area contributed by atoms with Gasteiger partial charge in [-0.05, 0) is 51.6 Å². The first kappa shape index (κ1) is 11.9. The van der Waals surface area contributed by atoms with E-state index in [1.54, 1.807) is 0 Å². The Labute approximate surface area is 97.1 Å². The van der Waals surface area contributed by atoms with Gasteiger partial charge in [-0.15, -0.1) is 0 Å². The van der Waals surface area contributed by atoms with Crippen LogP contribution in [0.5, 0.6) is 0 Å². The average Bonchev–Trinajstić information content (AvgIpc) is 2.83. The number of carbonyl (C=O) groups is 1. The van der Waals surface area contributed by atoms with Gasteiger partial charge < -0.3 is 15.4 Å². The molecule has 2 N–H and O–H groups in total. The van der Waals surface area contributed by atoms with Crippen molar-refractivity contribution in [3.05, 3.63) is 0 Å². The maximum atomic E-state index is 11.8. The largest absolute Gasteiger partial charge is 0.368 e. The van der Waals surface area contributed by atoms with Crippen molar-refractivity contribution < 1.29 is 9.53 Å². The summed E-state index contributed by atoms with van der Waals surface area (Å²) in [5.41, 5.74) is 0. The molecular weight excluding hydrogens is 204 g/mol. The molecule has 2 unspecified atom stereocenters. The van der Waals surface area contributed by atoms with Gasteiger partial charge in [0.1, 0.15) is 6.10 Å². The van der Waals surface area contributed by atoms with Crippen molar-refractivity contribution in [3.8, 4) is 0 Å². The Morgan fingerprint density at radius 2 is 2.31 bits per heavy atom. The molecule has 1 amide bonds. The van der Waals surface area contributed by atoms with E-state index in [0.717, 1.165) is 32.5 Å². The molecular formula is C12H22N2O2. The van der Waals surface area contributed by atoms with E-state index >= 15 is 0 Å². The molecule has 0 spiro atoms. The van der Waals surface area contributed by atoms with Crippen molar-refractivity contribution in [1.82, 2.24) is 10.6 Å². The van der Waals surface area contributed by atoms with Crippen molar-refractivity contribution >= 4 is 5.91 Å². The molecule has 2 aliphatic rings. The third kappa shape index (κ3) is 2.95. The van der Waals surface area contributed by atoms with Crippen LogP contribution in [-0.4, -0.2) is 37.7 Å². The molecule has 0 aromatic rings. The third-order valence-corrected chi connectivity index (χ3v) is 3.63. The highest BCUT2D eigenvalue weighted by Crippen LogP contribution is 2.16. The molecule has 2 fully saturated rings. The molecule has 3 atom stereocenters. The van der Waals surface area contributed by atoms with E-state index in [0.29, 0.717) is 5.92 Å². The summed E-state index contributed by atoms with van der Waals surface area (Å²) in [6.45, 7) is 4.97. The highest BCUT2D eigenvalue weighted by atomic mass is 16.5. The second-order valence-electron chi connectivity index (χ2n) is 4.91. The minimum absolute atomic E-state index is 0.0792. The molecule has 0 aromatic heterocycles. The Kier molecular flexibility index (Phi) is 4.18. The number of ether oxygens (including phenoxy) is 1. The summed E-state index contributed by atoms with van der Waals surface area (Å²) in [5.74, 6) is 0.648. The first-order chi connectivity index (χ1) is 7.77. The molecule has 4 nitrogen and oxygen atoms in total. The Morgan fingerprint density at radius 3 is 2.94 bits per heavy atom. The predicted octanol–water partition coefficient (Wildman–Crippen LogP) is 0.670. The number of hydrogen-bond acceptors (Lipinski definition) is 3. The average molecular weight is 226 g/mol. The zero-order valence-electron chi connectivity index (χ0n) is 10.00. The van der Waals surface area contributed by atoms with E-state index < -0.39 is 0 Å². The van der Waals surface area contributed by atoms with Crippen LogP contribution in [0.2, 0.25) is 0 Å². The van der Waals surface area contributed by atoms with Crippen LogP contribution in [0, 0.1) is 5.92 Å². The topological polar surface area (TPSA) is 50.4 Å². The minimum atomic E-state index is -0.195. The number of rotatable bonds is 3. The smallest absolute Gasteiger partial charge is 0.249 e. The fraction of sp³-hybridized carbons (Fsp3) is 0.917. The Balaban J connectivity index is 1.76. The van der Waals surface area contributed by atoms with Gasteiger partial charge >= 0.3 is 0 Å². The molecule has 92 valence electrons. The molecule has 16 heavy (non-hydrogen) atoms. The third-order valence-electron chi connectivity index (χ3n) is 3.63. The number of piperidine rings is 1. The van der Waals surface area contributed by atoms with Crippen LogP contribution < -0.4 is 10.6 Å². The summed E-state index contributed by atoms with van der Waals surface area (Å²) in [6, 6.07) is 0.254.